The highest BCUT2D eigenvalue weighted by Crippen LogP contribution is 2.25. The Kier molecular flexibility index (Phi) is 5.96. The zero-order valence-corrected chi connectivity index (χ0v) is 13.8. The molecule has 1 fully saturated rings. The molecule has 0 aliphatic carbocycles. The first kappa shape index (κ1) is 15.9. The normalized spacial score (nSPS) is 18.4. The van der Waals surface area contributed by atoms with E-state index in [0.717, 1.165) is 49.3 Å². The van der Waals surface area contributed by atoms with Crippen LogP contribution in [0.4, 0.5) is 4.39 Å². The van der Waals surface area contributed by atoms with Crippen molar-refractivity contribution in [1.29, 1.82) is 0 Å². The van der Waals surface area contributed by atoms with E-state index in [1.165, 1.54) is 6.07 Å². The van der Waals surface area contributed by atoms with Crippen LogP contribution >= 0.6 is 15.9 Å². The van der Waals surface area contributed by atoms with Gasteiger partial charge in [-0.3, -0.25) is 9.80 Å². The fourth-order valence-electron chi connectivity index (χ4n) is 2.50. The molecule has 1 heterocycles. The third-order valence-corrected chi connectivity index (χ3v) is 4.54. The molecule has 5 heteroatoms. The van der Waals surface area contributed by atoms with Gasteiger partial charge < -0.3 is 5.32 Å². The van der Waals surface area contributed by atoms with E-state index in [4.69, 9.17) is 0 Å². The lowest BCUT2D eigenvalue weighted by Crippen LogP contribution is -2.46. The van der Waals surface area contributed by atoms with Crippen molar-refractivity contribution < 1.29 is 4.39 Å². The first-order valence-corrected chi connectivity index (χ1v) is 7.95. The highest BCUT2D eigenvalue weighted by Gasteiger charge is 2.17. The van der Waals surface area contributed by atoms with Crippen LogP contribution in [0, 0.1) is 5.82 Å². The van der Waals surface area contributed by atoms with Crippen LogP contribution < -0.4 is 5.32 Å². The summed E-state index contributed by atoms with van der Waals surface area (Å²) in [6.45, 7) is 8.40. The van der Waals surface area contributed by atoms with Crippen molar-refractivity contribution in [2.24, 2.45) is 0 Å². The predicted octanol–water partition coefficient (Wildman–Crippen LogP) is 2.49. The first-order chi connectivity index (χ1) is 9.58. The third kappa shape index (κ3) is 4.25. The summed E-state index contributed by atoms with van der Waals surface area (Å²) in [4.78, 5) is 4.67. The largest absolute Gasteiger partial charge is 0.314 e. The van der Waals surface area contributed by atoms with Crippen LogP contribution in [0.3, 0.4) is 0 Å². The van der Waals surface area contributed by atoms with Crippen molar-refractivity contribution in [3.8, 4) is 0 Å². The Hall–Kier alpha value is -0.490. The van der Waals surface area contributed by atoms with Gasteiger partial charge in [-0.05, 0) is 32.2 Å². The Labute approximate surface area is 129 Å². The van der Waals surface area contributed by atoms with E-state index in [9.17, 15) is 4.39 Å². The van der Waals surface area contributed by atoms with E-state index < -0.39 is 0 Å². The standard InChI is InChI=1S/C15H23BrFN3/c1-12(14-11-13(16)3-4-15(14)17)19(2)9-10-20-7-5-18-6-8-20/h3-4,11-12,18H,5-10H2,1-2H3. The van der Waals surface area contributed by atoms with Crippen LogP contribution in [0.25, 0.3) is 0 Å². The maximum atomic E-state index is 13.9. The Morgan fingerprint density at radius 1 is 1.40 bits per heavy atom. The molecule has 0 spiro atoms. The van der Waals surface area contributed by atoms with E-state index in [1.54, 1.807) is 6.07 Å². The van der Waals surface area contributed by atoms with Crippen molar-refractivity contribution in [2.75, 3.05) is 46.3 Å². The van der Waals surface area contributed by atoms with Crippen LogP contribution in [0.2, 0.25) is 0 Å². The van der Waals surface area contributed by atoms with E-state index in [-0.39, 0.29) is 11.9 Å². The van der Waals surface area contributed by atoms with E-state index in [0.29, 0.717) is 0 Å². The van der Waals surface area contributed by atoms with Gasteiger partial charge in [0.2, 0.25) is 0 Å². The summed E-state index contributed by atoms with van der Waals surface area (Å²) in [7, 11) is 2.06. The van der Waals surface area contributed by atoms with Gasteiger partial charge in [0.1, 0.15) is 5.82 Å². The lowest BCUT2D eigenvalue weighted by atomic mass is 10.1. The summed E-state index contributed by atoms with van der Waals surface area (Å²) in [5, 5.41) is 3.35. The monoisotopic (exact) mass is 343 g/mol. The zero-order valence-electron chi connectivity index (χ0n) is 12.2. The molecule has 0 saturated carbocycles. The molecular weight excluding hydrogens is 321 g/mol. The fourth-order valence-corrected chi connectivity index (χ4v) is 2.88. The molecule has 1 aromatic rings. The smallest absolute Gasteiger partial charge is 0.128 e. The van der Waals surface area contributed by atoms with Crippen LogP contribution in [0.15, 0.2) is 22.7 Å². The van der Waals surface area contributed by atoms with E-state index in [1.807, 2.05) is 6.07 Å². The van der Waals surface area contributed by atoms with Crippen molar-refractivity contribution >= 4 is 15.9 Å². The summed E-state index contributed by atoms with van der Waals surface area (Å²) in [5.41, 5.74) is 0.752. The van der Waals surface area contributed by atoms with Gasteiger partial charge in [-0.15, -0.1) is 0 Å². The van der Waals surface area contributed by atoms with Crippen LogP contribution in [-0.2, 0) is 0 Å². The number of benzene rings is 1. The molecule has 1 aliphatic rings. The van der Waals surface area contributed by atoms with Gasteiger partial charge in [0.25, 0.3) is 0 Å². The van der Waals surface area contributed by atoms with E-state index in [2.05, 4.69) is 45.0 Å². The molecule has 1 unspecified atom stereocenters. The SMILES string of the molecule is CC(c1cc(Br)ccc1F)N(C)CCN1CCNCC1. The van der Waals surface area contributed by atoms with Gasteiger partial charge >= 0.3 is 0 Å². The summed E-state index contributed by atoms with van der Waals surface area (Å²) in [6, 6.07) is 5.23. The predicted molar refractivity (Wildman–Crippen MR) is 84.5 cm³/mol. The minimum absolute atomic E-state index is 0.0791. The second-order valence-electron chi connectivity index (χ2n) is 5.41. The Morgan fingerprint density at radius 3 is 2.80 bits per heavy atom. The minimum Gasteiger partial charge on any atom is -0.314 e. The second kappa shape index (κ2) is 7.50. The highest BCUT2D eigenvalue weighted by atomic mass is 79.9. The maximum absolute atomic E-state index is 13.9. The molecule has 0 bridgehead atoms. The molecule has 3 nitrogen and oxygen atoms in total. The molecule has 2 rings (SSSR count). The van der Waals surface area contributed by atoms with Crippen LogP contribution in [0.1, 0.15) is 18.5 Å². The Bertz CT molecular complexity index is 435. The van der Waals surface area contributed by atoms with Gasteiger partial charge in [0.15, 0.2) is 0 Å². The fraction of sp³-hybridized carbons (Fsp3) is 0.600. The highest BCUT2D eigenvalue weighted by molar-refractivity contribution is 9.10. The van der Waals surface area contributed by atoms with Gasteiger partial charge in [-0.2, -0.15) is 0 Å². The number of halogens is 2. The third-order valence-electron chi connectivity index (χ3n) is 4.05. The second-order valence-corrected chi connectivity index (χ2v) is 6.33. The van der Waals surface area contributed by atoms with Crippen LogP contribution in [0.5, 0.6) is 0 Å². The van der Waals surface area contributed by atoms with E-state index >= 15 is 0 Å². The number of nitrogens with zero attached hydrogens (tertiary/aromatic N) is 2. The number of hydrogen-bond donors (Lipinski definition) is 1. The average Bonchev–Trinajstić information content (AvgIpc) is 2.47. The lowest BCUT2D eigenvalue weighted by Gasteiger charge is -2.31. The topological polar surface area (TPSA) is 18.5 Å². The molecule has 1 aromatic carbocycles. The quantitative estimate of drug-likeness (QED) is 0.886. The molecule has 1 atom stereocenters. The number of hydrogen-bond acceptors (Lipinski definition) is 3. The number of likely N-dealkylation sites (N-methyl/N-ethyl adjacent to an activating group) is 1. The Morgan fingerprint density at radius 2 is 2.10 bits per heavy atom. The molecular formula is C15H23BrFN3. The number of nitrogens with one attached hydrogen (secondary N) is 1. The molecule has 0 radical (unpaired) electrons. The maximum Gasteiger partial charge on any atom is 0.128 e. The summed E-state index contributed by atoms with van der Waals surface area (Å²) in [5.74, 6) is -0.130. The Balaban J connectivity index is 1.90. The molecule has 1 saturated heterocycles. The molecule has 1 N–H and O–H groups in total. The van der Waals surface area contributed by atoms with Crippen molar-refractivity contribution in [1.82, 2.24) is 15.1 Å². The van der Waals surface area contributed by atoms with Crippen molar-refractivity contribution in [3.05, 3.63) is 34.1 Å². The molecule has 20 heavy (non-hydrogen) atoms. The molecule has 112 valence electrons. The molecule has 1 aliphatic heterocycles. The first-order valence-electron chi connectivity index (χ1n) is 7.16. The summed E-state index contributed by atoms with van der Waals surface area (Å²) in [6.07, 6.45) is 0. The molecule has 0 amide bonds. The van der Waals surface area contributed by atoms with Gasteiger partial charge in [-0.1, -0.05) is 15.9 Å². The van der Waals surface area contributed by atoms with Gasteiger partial charge in [0.05, 0.1) is 0 Å². The van der Waals surface area contributed by atoms with Crippen molar-refractivity contribution in [3.63, 3.8) is 0 Å². The minimum atomic E-state index is -0.130. The van der Waals surface area contributed by atoms with Crippen LogP contribution in [-0.4, -0.2) is 56.1 Å². The summed E-state index contributed by atoms with van der Waals surface area (Å²) < 4.78 is 14.8. The molecule has 0 aromatic heterocycles. The van der Waals surface area contributed by atoms with Crippen molar-refractivity contribution in [2.45, 2.75) is 13.0 Å². The number of piperazine rings is 1. The average molecular weight is 344 g/mol. The number of rotatable bonds is 5. The van der Waals surface area contributed by atoms with Gasteiger partial charge in [-0.25, -0.2) is 4.39 Å². The zero-order chi connectivity index (χ0) is 14.5. The van der Waals surface area contributed by atoms with Gasteiger partial charge in [0, 0.05) is 55.3 Å². The summed E-state index contributed by atoms with van der Waals surface area (Å²) >= 11 is 3.41. The lowest BCUT2D eigenvalue weighted by molar-refractivity contribution is 0.181.